The Bertz CT molecular complexity index is 806. The molecular weight excluding hydrogens is 282 g/mol. The largest absolute Gasteiger partial charge is 0.350 e. The molecule has 2 N–H and O–H groups in total. The fourth-order valence-corrected chi connectivity index (χ4v) is 3.88. The van der Waals surface area contributed by atoms with E-state index in [9.17, 15) is 0 Å². The van der Waals surface area contributed by atoms with Crippen molar-refractivity contribution in [1.29, 1.82) is 0 Å². The normalized spacial score (nSPS) is 22.0. The fourth-order valence-electron chi connectivity index (χ4n) is 3.88. The zero-order valence-corrected chi connectivity index (χ0v) is 13.5. The van der Waals surface area contributed by atoms with E-state index in [1.165, 1.54) is 22.0 Å². The van der Waals surface area contributed by atoms with Crippen molar-refractivity contribution in [1.82, 2.24) is 9.47 Å². The molecule has 118 valence electrons. The Morgan fingerprint density at radius 3 is 2.57 bits per heavy atom. The van der Waals surface area contributed by atoms with Crippen LogP contribution in [0, 0.1) is 0 Å². The summed E-state index contributed by atoms with van der Waals surface area (Å²) in [4.78, 5) is 2.48. The second kappa shape index (κ2) is 5.84. The number of aryl methyl sites for hydroxylation is 1. The Balaban J connectivity index is 1.60. The van der Waals surface area contributed by atoms with Gasteiger partial charge in [0.05, 0.1) is 0 Å². The molecule has 2 aromatic carbocycles. The average Bonchev–Trinajstić information content (AvgIpc) is 3.09. The van der Waals surface area contributed by atoms with Crippen LogP contribution in [-0.2, 0) is 13.6 Å². The molecule has 4 rings (SSSR count). The van der Waals surface area contributed by atoms with Crippen molar-refractivity contribution < 1.29 is 0 Å². The van der Waals surface area contributed by atoms with Gasteiger partial charge in [0, 0.05) is 55.7 Å². The minimum absolute atomic E-state index is 0.199. The van der Waals surface area contributed by atoms with Gasteiger partial charge < -0.3 is 10.3 Å². The van der Waals surface area contributed by atoms with Gasteiger partial charge in [-0.15, -0.1) is 0 Å². The number of para-hydroxylation sites is 1. The molecule has 2 unspecified atom stereocenters. The number of aromatic nitrogens is 1. The second-order valence-electron chi connectivity index (χ2n) is 6.66. The number of rotatable bonds is 3. The average molecular weight is 305 g/mol. The van der Waals surface area contributed by atoms with Crippen molar-refractivity contribution in [3.63, 3.8) is 0 Å². The number of likely N-dealkylation sites (tertiary alicyclic amines) is 1. The lowest BCUT2D eigenvalue weighted by Gasteiger charge is -2.15. The van der Waals surface area contributed by atoms with Gasteiger partial charge in [0.2, 0.25) is 0 Å². The van der Waals surface area contributed by atoms with Gasteiger partial charge in [-0.05, 0) is 17.2 Å². The predicted molar refractivity (Wildman–Crippen MR) is 95.4 cm³/mol. The second-order valence-corrected chi connectivity index (χ2v) is 6.66. The topological polar surface area (TPSA) is 34.2 Å². The number of nitrogens with zero attached hydrogens (tertiary/aromatic N) is 2. The summed E-state index contributed by atoms with van der Waals surface area (Å²) in [5.41, 5.74) is 10.5. The maximum Gasteiger partial charge on any atom is 0.0480 e. The summed E-state index contributed by atoms with van der Waals surface area (Å²) in [7, 11) is 2.12. The highest BCUT2D eigenvalue weighted by Crippen LogP contribution is 2.33. The van der Waals surface area contributed by atoms with Gasteiger partial charge in [-0.1, -0.05) is 48.5 Å². The van der Waals surface area contributed by atoms with E-state index >= 15 is 0 Å². The van der Waals surface area contributed by atoms with Gasteiger partial charge in [-0.25, -0.2) is 0 Å². The number of benzene rings is 2. The van der Waals surface area contributed by atoms with Crippen molar-refractivity contribution in [2.45, 2.75) is 18.5 Å². The van der Waals surface area contributed by atoms with Crippen LogP contribution in [0.4, 0.5) is 0 Å². The maximum atomic E-state index is 6.50. The fraction of sp³-hybridized carbons (Fsp3) is 0.300. The minimum atomic E-state index is 0.199. The van der Waals surface area contributed by atoms with E-state index in [2.05, 4.69) is 77.3 Å². The molecule has 0 aliphatic carbocycles. The molecule has 0 radical (unpaired) electrons. The molecule has 1 saturated heterocycles. The van der Waals surface area contributed by atoms with Crippen molar-refractivity contribution in [3.05, 3.63) is 71.9 Å². The molecule has 3 aromatic rings. The molecule has 0 bridgehead atoms. The molecule has 2 heterocycles. The van der Waals surface area contributed by atoms with E-state index < -0.39 is 0 Å². The van der Waals surface area contributed by atoms with Gasteiger partial charge in [0.25, 0.3) is 0 Å². The smallest absolute Gasteiger partial charge is 0.0480 e. The molecule has 23 heavy (non-hydrogen) atoms. The first kappa shape index (κ1) is 14.5. The maximum absolute atomic E-state index is 6.50. The van der Waals surface area contributed by atoms with Crippen LogP contribution >= 0.6 is 0 Å². The molecule has 1 aromatic heterocycles. The quantitative estimate of drug-likeness (QED) is 0.807. The molecule has 1 fully saturated rings. The van der Waals surface area contributed by atoms with Crippen molar-refractivity contribution >= 4 is 10.9 Å². The van der Waals surface area contributed by atoms with Crippen LogP contribution in [0.2, 0.25) is 0 Å². The van der Waals surface area contributed by atoms with Gasteiger partial charge in [-0.3, -0.25) is 4.90 Å². The number of fused-ring (bicyclic) bond motifs is 1. The van der Waals surface area contributed by atoms with Crippen LogP contribution in [0.1, 0.15) is 17.0 Å². The van der Waals surface area contributed by atoms with Crippen LogP contribution in [0.25, 0.3) is 10.9 Å². The predicted octanol–water partition coefficient (Wildman–Crippen LogP) is 3.11. The highest BCUT2D eigenvalue weighted by atomic mass is 15.2. The summed E-state index contributed by atoms with van der Waals surface area (Å²) in [6.07, 6.45) is 2.27. The Morgan fingerprint density at radius 1 is 1.00 bits per heavy atom. The third kappa shape index (κ3) is 2.67. The molecule has 1 aliphatic heterocycles. The Morgan fingerprint density at radius 2 is 1.74 bits per heavy atom. The summed E-state index contributed by atoms with van der Waals surface area (Å²) < 4.78 is 2.22. The van der Waals surface area contributed by atoms with Crippen molar-refractivity contribution in [3.8, 4) is 0 Å². The standard InChI is InChI=1S/C20H23N3/c1-22-12-17(16-9-5-6-10-20(16)22)18-13-23(14-19(18)21)11-15-7-3-2-4-8-15/h2-10,12,18-19H,11,13-14,21H2,1H3. The van der Waals surface area contributed by atoms with E-state index in [0.717, 1.165) is 19.6 Å². The van der Waals surface area contributed by atoms with E-state index in [-0.39, 0.29) is 6.04 Å². The first-order valence-corrected chi connectivity index (χ1v) is 8.28. The highest BCUT2D eigenvalue weighted by molar-refractivity contribution is 5.84. The van der Waals surface area contributed by atoms with Gasteiger partial charge in [0.15, 0.2) is 0 Å². The molecular formula is C20H23N3. The van der Waals surface area contributed by atoms with E-state index in [1.54, 1.807) is 0 Å². The van der Waals surface area contributed by atoms with Gasteiger partial charge in [0.1, 0.15) is 0 Å². The van der Waals surface area contributed by atoms with Gasteiger partial charge >= 0.3 is 0 Å². The van der Waals surface area contributed by atoms with Crippen LogP contribution in [0.5, 0.6) is 0 Å². The third-order valence-corrected chi connectivity index (χ3v) is 5.02. The van der Waals surface area contributed by atoms with Crippen molar-refractivity contribution in [2.24, 2.45) is 12.8 Å². The Hall–Kier alpha value is -2.10. The molecule has 3 heteroatoms. The lowest BCUT2D eigenvalue weighted by molar-refractivity contribution is 0.324. The highest BCUT2D eigenvalue weighted by Gasteiger charge is 2.32. The zero-order chi connectivity index (χ0) is 15.8. The Kier molecular flexibility index (Phi) is 3.68. The minimum Gasteiger partial charge on any atom is -0.350 e. The van der Waals surface area contributed by atoms with Crippen LogP contribution < -0.4 is 5.73 Å². The summed E-state index contributed by atoms with van der Waals surface area (Å²) in [5.74, 6) is 0.407. The lowest BCUT2D eigenvalue weighted by atomic mass is 9.94. The van der Waals surface area contributed by atoms with Crippen LogP contribution in [0.15, 0.2) is 60.8 Å². The molecule has 2 atom stereocenters. The lowest BCUT2D eigenvalue weighted by Crippen LogP contribution is -2.28. The van der Waals surface area contributed by atoms with E-state index in [4.69, 9.17) is 5.73 Å². The monoisotopic (exact) mass is 305 g/mol. The molecule has 0 spiro atoms. The summed E-state index contributed by atoms with van der Waals surface area (Å²) in [6.45, 7) is 2.97. The summed E-state index contributed by atoms with van der Waals surface area (Å²) in [6, 6.07) is 19.5. The van der Waals surface area contributed by atoms with Crippen molar-refractivity contribution in [2.75, 3.05) is 13.1 Å². The number of nitrogens with two attached hydrogens (primary N) is 1. The molecule has 0 saturated carbocycles. The number of hydrogen-bond acceptors (Lipinski definition) is 2. The van der Waals surface area contributed by atoms with Crippen LogP contribution in [0.3, 0.4) is 0 Å². The van der Waals surface area contributed by atoms with Crippen LogP contribution in [-0.4, -0.2) is 28.6 Å². The first-order valence-electron chi connectivity index (χ1n) is 8.28. The number of hydrogen-bond donors (Lipinski definition) is 1. The summed E-state index contributed by atoms with van der Waals surface area (Å²) >= 11 is 0. The van der Waals surface area contributed by atoms with E-state index in [1.807, 2.05) is 0 Å². The summed E-state index contributed by atoms with van der Waals surface area (Å²) in [5, 5.41) is 1.34. The molecule has 1 aliphatic rings. The zero-order valence-electron chi connectivity index (χ0n) is 13.5. The SMILES string of the molecule is Cn1cc(C2CN(Cc3ccccc3)CC2N)c2ccccc21. The molecule has 3 nitrogen and oxygen atoms in total. The molecule has 0 amide bonds. The van der Waals surface area contributed by atoms with E-state index in [0.29, 0.717) is 5.92 Å². The Labute approximate surface area is 137 Å². The van der Waals surface area contributed by atoms with Gasteiger partial charge in [-0.2, -0.15) is 0 Å². The third-order valence-electron chi connectivity index (χ3n) is 5.02. The first-order chi connectivity index (χ1) is 11.2.